The summed E-state index contributed by atoms with van der Waals surface area (Å²) in [5, 5.41) is 8.30. The average molecular weight is 159 g/mol. The van der Waals surface area contributed by atoms with Crippen molar-refractivity contribution in [1.29, 1.82) is 0 Å². The third-order valence-corrected chi connectivity index (χ3v) is 0.921. The van der Waals surface area contributed by atoms with Crippen LogP contribution in [0.1, 0.15) is 13.3 Å². The summed E-state index contributed by atoms with van der Waals surface area (Å²) in [5.41, 5.74) is 0. The molecular formula is C7H13NO3. The van der Waals surface area contributed by atoms with E-state index < -0.39 is 0 Å². The van der Waals surface area contributed by atoms with Crippen molar-refractivity contribution in [2.24, 2.45) is 4.99 Å². The number of aliphatic hydroxyl groups excluding tert-OH is 1. The van der Waals surface area contributed by atoms with E-state index in [1.165, 1.54) is 6.21 Å². The molecule has 0 heterocycles. The summed E-state index contributed by atoms with van der Waals surface area (Å²) < 4.78 is 4.63. The highest BCUT2D eigenvalue weighted by Crippen LogP contribution is 1.82. The smallest absolute Gasteiger partial charge is 0.311 e. The molecule has 4 nitrogen and oxygen atoms in total. The minimum Gasteiger partial charge on any atom is -0.466 e. The molecule has 0 radical (unpaired) electrons. The molecule has 0 aromatic rings. The monoisotopic (exact) mass is 159 g/mol. The number of carbonyl (C=O) groups is 1. The second-order valence-electron chi connectivity index (χ2n) is 1.82. The van der Waals surface area contributed by atoms with Crippen molar-refractivity contribution in [3.63, 3.8) is 0 Å². The van der Waals surface area contributed by atoms with Gasteiger partial charge in [0.25, 0.3) is 0 Å². The van der Waals surface area contributed by atoms with Crippen molar-refractivity contribution in [2.75, 3.05) is 19.8 Å². The molecule has 0 atom stereocenters. The number of hydrogen-bond acceptors (Lipinski definition) is 4. The lowest BCUT2D eigenvalue weighted by Gasteiger charge is -1.95. The molecule has 0 aliphatic heterocycles. The van der Waals surface area contributed by atoms with Crippen molar-refractivity contribution in [2.45, 2.75) is 13.3 Å². The lowest BCUT2D eigenvalue weighted by molar-refractivity contribution is -0.141. The van der Waals surface area contributed by atoms with Gasteiger partial charge in [-0.1, -0.05) is 0 Å². The van der Waals surface area contributed by atoms with Crippen LogP contribution in [0, 0.1) is 0 Å². The zero-order valence-corrected chi connectivity index (χ0v) is 6.62. The number of ether oxygens (including phenoxy) is 1. The minimum absolute atomic E-state index is 0.0132. The molecule has 11 heavy (non-hydrogen) atoms. The van der Waals surface area contributed by atoms with Gasteiger partial charge in [-0.05, 0) is 6.92 Å². The summed E-state index contributed by atoms with van der Waals surface area (Å²) in [6.07, 6.45) is 1.64. The fourth-order valence-corrected chi connectivity index (χ4v) is 0.508. The number of nitrogens with zero attached hydrogens (tertiary/aromatic N) is 1. The van der Waals surface area contributed by atoms with Crippen molar-refractivity contribution >= 4 is 12.2 Å². The third-order valence-electron chi connectivity index (χ3n) is 0.921. The van der Waals surface area contributed by atoms with Crippen LogP contribution >= 0.6 is 0 Å². The van der Waals surface area contributed by atoms with Crippen molar-refractivity contribution in [3.05, 3.63) is 0 Å². The van der Waals surface area contributed by atoms with E-state index in [0.717, 1.165) is 0 Å². The van der Waals surface area contributed by atoms with Crippen LogP contribution in [0.25, 0.3) is 0 Å². The Morgan fingerprint density at radius 2 is 2.45 bits per heavy atom. The molecule has 0 aromatic heterocycles. The molecule has 0 spiro atoms. The van der Waals surface area contributed by atoms with Crippen LogP contribution in [0.15, 0.2) is 4.99 Å². The fraction of sp³-hybridized carbons (Fsp3) is 0.714. The highest BCUT2D eigenvalue weighted by molar-refractivity contribution is 5.85. The summed E-state index contributed by atoms with van der Waals surface area (Å²) in [7, 11) is 0. The number of hydrogen-bond donors (Lipinski definition) is 1. The number of aliphatic hydroxyl groups is 1. The Bertz CT molecular complexity index is 134. The predicted octanol–water partition coefficient (Wildman–Crippen LogP) is 0.00270. The van der Waals surface area contributed by atoms with Gasteiger partial charge in [-0.25, -0.2) is 0 Å². The van der Waals surface area contributed by atoms with Gasteiger partial charge in [-0.3, -0.25) is 9.79 Å². The highest BCUT2D eigenvalue weighted by Gasteiger charge is 1.95. The molecule has 0 rings (SSSR count). The molecule has 0 unspecified atom stereocenters. The summed E-state index contributed by atoms with van der Waals surface area (Å²) in [5.74, 6) is -0.283. The first kappa shape index (κ1) is 10.1. The Morgan fingerprint density at radius 3 is 3.00 bits per heavy atom. The molecule has 1 N–H and O–H groups in total. The molecule has 0 amide bonds. The molecule has 0 fully saturated rings. The zero-order valence-electron chi connectivity index (χ0n) is 6.62. The third kappa shape index (κ3) is 6.99. The van der Waals surface area contributed by atoms with Crippen molar-refractivity contribution in [3.8, 4) is 0 Å². The second-order valence-corrected chi connectivity index (χ2v) is 1.82. The summed E-state index contributed by atoms with van der Waals surface area (Å²) in [4.78, 5) is 14.4. The number of esters is 1. The molecule has 4 heteroatoms. The van der Waals surface area contributed by atoms with E-state index in [-0.39, 0.29) is 19.0 Å². The standard InChI is InChI=1S/C7H13NO3/c1-2-11-7(10)3-4-8-5-6-9/h4,9H,2-3,5-6H2,1H3. The van der Waals surface area contributed by atoms with Gasteiger partial charge in [0, 0.05) is 6.21 Å². The quantitative estimate of drug-likeness (QED) is 0.454. The van der Waals surface area contributed by atoms with E-state index in [9.17, 15) is 4.79 Å². The van der Waals surface area contributed by atoms with Crippen LogP contribution in [-0.2, 0) is 9.53 Å². The van der Waals surface area contributed by atoms with Gasteiger partial charge in [-0.2, -0.15) is 0 Å². The Labute approximate surface area is 65.9 Å². The maximum absolute atomic E-state index is 10.6. The first-order valence-corrected chi connectivity index (χ1v) is 3.56. The Balaban J connectivity index is 3.29. The van der Waals surface area contributed by atoms with Gasteiger partial charge >= 0.3 is 5.97 Å². The first-order valence-electron chi connectivity index (χ1n) is 3.56. The molecule has 64 valence electrons. The summed E-state index contributed by atoms with van der Waals surface area (Å²) >= 11 is 0. The highest BCUT2D eigenvalue weighted by atomic mass is 16.5. The topological polar surface area (TPSA) is 58.9 Å². The van der Waals surface area contributed by atoms with Crippen LogP contribution in [0.3, 0.4) is 0 Å². The van der Waals surface area contributed by atoms with E-state index in [0.29, 0.717) is 13.2 Å². The average Bonchev–Trinajstić information content (AvgIpc) is 1.99. The Morgan fingerprint density at radius 1 is 1.73 bits per heavy atom. The van der Waals surface area contributed by atoms with Crippen LogP contribution < -0.4 is 0 Å². The molecule has 0 aromatic carbocycles. The molecule has 0 aliphatic carbocycles. The van der Waals surface area contributed by atoms with Crippen molar-refractivity contribution < 1.29 is 14.6 Å². The SMILES string of the molecule is CCOC(=O)CC=NCCO. The molecular weight excluding hydrogens is 146 g/mol. The van der Waals surface area contributed by atoms with E-state index >= 15 is 0 Å². The van der Waals surface area contributed by atoms with Crippen LogP contribution in [0.5, 0.6) is 0 Å². The van der Waals surface area contributed by atoms with Crippen LogP contribution in [0.2, 0.25) is 0 Å². The Kier molecular flexibility index (Phi) is 6.62. The molecule has 0 aliphatic rings. The van der Waals surface area contributed by atoms with E-state index in [4.69, 9.17) is 5.11 Å². The maximum atomic E-state index is 10.6. The molecule has 0 saturated heterocycles. The van der Waals surface area contributed by atoms with E-state index in [1.54, 1.807) is 6.92 Å². The zero-order chi connectivity index (χ0) is 8.53. The largest absolute Gasteiger partial charge is 0.466 e. The first-order chi connectivity index (χ1) is 5.31. The van der Waals surface area contributed by atoms with Gasteiger partial charge in [0.15, 0.2) is 0 Å². The summed E-state index contributed by atoms with van der Waals surface area (Å²) in [6.45, 7) is 2.51. The van der Waals surface area contributed by atoms with E-state index in [1.807, 2.05) is 0 Å². The fourth-order valence-electron chi connectivity index (χ4n) is 0.508. The van der Waals surface area contributed by atoms with Gasteiger partial charge in [0.1, 0.15) is 0 Å². The minimum atomic E-state index is -0.283. The van der Waals surface area contributed by atoms with Crippen LogP contribution in [-0.4, -0.2) is 37.0 Å². The van der Waals surface area contributed by atoms with Gasteiger partial charge in [0.05, 0.1) is 26.2 Å². The lowest BCUT2D eigenvalue weighted by atomic mass is 10.5. The lowest BCUT2D eigenvalue weighted by Crippen LogP contribution is -2.04. The molecule has 0 bridgehead atoms. The van der Waals surface area contributed by atoms with Gasteiger partial charge in [-0.15, -0.1) is 0 Å². The Hall–Kier alpha value is -0.900. The number of carbonyl (C=O) groups excluding carboxylic acids is 1. The van der Waals surface area contributed by atoms with Gasteiger partial charge < -0.3 is 9.84 Å². The van der Waals surface area contributed by atoms with Crippen LogP contribution in [0.4, 0.5) is 0 Å². The van der Waals surface area contributed by atoms with Crippen molar-refractivity contribution in [1.82, 2.24) is 0 Å². The number of rotatable bonds is 5. The summed E-state index contributed by atoms with van der Waals surface area (Å²) in [6, 6.07) is 0. The normalized spacial score (nSPS) is 10.4. The predicted molar refractivity (Wildman–Crippen MR) is 41.7 cm³/mol. The van der Waals surface area contributed by atoms with Gasteiger partial charge in [0.2, 0.25) is 0 Å². The molecule has 0 saturated carbocycles. The maximum Gasteiger partial charge on any atom is 0.311 e. The van der Waals surface area contributed by atoms with E-state index in [2.05, 4.69) is 9.73 Å². The second kappa shape index (κ2) is 7.21. The number of aliphatic imine (C=N–C) groups is 1.